The van der Waals surface area contributed by atoms with Gasteiger partial charge in [-0.3, -0.25) is 0 Å². The van der Waals surface area contributed by atoms with Crippen molar-refractivity contribution in [2.24, 2.45) is 0 Å². The summed E-state index contributed by atoms with van der Waals surface area (Å²) in [6.07, 6.45) is 3.19. The Morgan fingerprint density at radius 3 is 2.89 bits per heavy atom. The third-order valence-corrected chi connectivity index (χ3v) is 2.96. The van der Waals surface area contributed by atoms with Crippen molar-refractivity contribution in [1.29, 1.82) is 0 Å². The monoisotopic (exact) mass is 357 g/mol. The molecule has 7 heteroatoms. The largest absolute Gasteiger partial charge is 0.481 e. The summed E-state index contributed by atoms with van der Waals surface area (Å²) in [6.45, 7) is 2.82. The second kappa shape index (κ2) is 5.89. The molecule has 94 valence electrons. The van der Waals surface area contributed by atoms with Gasteiger partial charge in [-0.15, -0.1) is 0 Å². The molecule has 2 heterocycles. The fraction of sp³-hybridized carbons (Fsp3) is 0.273. The van der Waals surface area contributed by atoms with E-state index in [-0.39, 0.29) is 0 Å². The van der Waals surface area contributed by atoms with E-state index in [2.05, 4.69) is 47.8 Å². The number of methoxy groups -OCH3 is 1. The van der Waals surface area contributed by atoms with Crippen LogP contribution < -0.4 is 10.1 Å². The molecule has 6 nitrogen and oxygen atoms in total. The van der Waals surface area contributed by atoms with Crippen LogP contribution in [0.3, 0.4) is 0 Å². The lowest BCUT2D eigenvalue weighted by molar-refractivity contribution is 0.397. The third-order valence-electron chi connectivity index (χ3n) is 2.17. The van der Waals surface area contributed by atoms with Crippen molar-refractivity contribution >= 4 is 28.4 Å². The van der Waals surface area contributed by atoms with E-state index in [9.17, 15) is 0 Å². The predicted octanol–water partition coefficient (Wildman–Crippen LogP) is 1.98. The zero-order chi connectivity index (χ0) is 13.0. The topological polar surface area (TPSA) is 72.8 Å². The minimum absolute atomic E-state index is 0.493. The number of nitrogens with zero attached hydrogens (tertiary/aromatic N) is 4. The Kier molecular flexibility index (Phi) is 4.24. The van der Waals surface area contributed by atoms with Gasteiger partial charge in [-0.2, -0.15) is 0 Å². The van der Waals surface area contributed by atoms with Crippen LogP contribution in [0.5, 0.6) is 5.88 Å². The second-order valence-corrected chi connectivity index (χ2v) is 4.53. The van der Waals surface area contributed by atoms with Crippen LogP contribution in [0.25, 0.3) is 11.5 Å². The van der Waals surface area contributed by atoms with E-state index < -0.39 is 0 Å². The number of anilines is 1. The highest BCUT2D eigenvalue weighted by Gasteiger charge is 2.08. The van der Waals surface area contributed by atoms with Gasteiger partial charge in [0, 0.05) is 18.8 Å². The van der Waals surface area contributed by atoms with E-state index in [1.807, 2.05) is 6.92 Å². The van der Waals surface area contributed by atoms with E-state index >= 15 is 0 Å². The first kappa shape index (κ1) is 12.9. The standard InChI is InChI=1S/C11H12IN5O/c1-3-13-10-7(12)5-14-11(17-10)8-4-9(18-2)16-6-15-8/h4-6H,3H2,1-2H3,(H,13,14,17). The van der Waals surface area contributed by atoms with E-state index in [0.717, 1.165) is 15.9 Å². The van der Waals surface area contributed by atoms with Gasteiger partial charge in [0.05, 0.1) is 10.7 Å². The van der Waals surface area contributed by atoms with Crippen LogP contribution in [0.4, 0.5) is 5.82 Å². The average molecular weight is 357 g/mol. The van der Waals surface area contributed by atoms with Crippen molar-refractivity contribution in [2.45, 2.75) is 6.92 Å². The molecule has 0 unspecified atom stereocenters. The van der Waals surface area contributed by atoms with Crippen LogP contribution in [0, 0.1) is 3.57 Å². The molecule has 0 radical (unpaired) electrons. The van der Waals surface area contributed by atoms with Crippen molar-refractivity contribution in [3.05, 3.63) is 22.2 Å². The lowest BCUT2D eigenvalue weighted by Gasteiger charge is -2.07. The number of hydrogen-bond acceptors (Lipinski definition) is 6. The van der Waals surface area contributed by atoms with E-state index in [4.69, 9.17) is 4.74 Å². The van der Waals surface area contributed by atoms with E-state index in [1.165, 1.54) is 6.33 Å². The molecule has 2 rings (SSSR count). The van der Waals surface area contributed by atoms with E-state index in [1.54, 1.807) is 19.4 Å². The van der Waals surface area contributed by atoms with Gasteiger partial charge in [-0.05, 0) is 29.5 Å². The molecular formula is C11H12IN5O. The summed E-state index contributed by atoms with van der Waals surface area (Å²) in [5.74, 6) is 1.85. The maximum absolute atomic E-state index is 5.05. The smallest absolute Gasteiger partial charge is 0.216 e. The fourth-order valence-electron chi connectivity index (χ4n) is 1.36. The van der Waals surface area contributed by atoms with Crippen molar-refractivity contribution in [1.82, 2.24) is 19.9 Å². The van der Waals surface area contributed by atoms with Crippen molar-refractivity contribution in [3.63, 3.8) is 0 Å². The minimum Gasteiger partial charge on any atom is -0.481 e. The van der Waals surface area contributed by atoms with Crippen LogP contribution in [0.15, 0.2) is 18.6 Å². The summed E-state index contributed by atoms with van der Waals surface area (Å²) in [4.78, 5) is 16.8. The Balaban J connectivity index is 2.40. The van der Waals surface area contributed by atoms with E-state index in [0.29, 0.717) is 17.4 Å². The molecule has 1 N–H and O–H groups in total. The van der Waals surface area contributed by atoms with Gasteiger partial charge < -0.3 is 10.1 Å². The Labute approximate surface area is 118 Å². The summed E-state index contributed by atoms with van der Waals surface area (Å²) >= 11 is 2.19. The molecule has 0 aliphatic rings. The zero-order valence-corrected chi connectivity index (χ0v) is 12.2. The summed E-state index contributed by atoms with van der Waals surface area (Å²) in [7, 11) is 1.56. The summed E-state index contributed by atoms with van der Waals surface area (Å²) in [5, 5.41) is 3.18. The lowest BCUT2D eigenvalue weighted by Crippen LogP contribution is -2.04. The first-order valence-electron chi connectivity index (χ1n) is 5.37. The molecule has 0 aliphatic heterocycles. The predicted molar refractivity (Wildman–Crippen MR) is 76.5 cm³/mol. The van der Waals surface area contributed by atoms with Gasteiger partial charge in [-0.25, -0.2) is 19.9 Å². The molecule has 0 saturated carbocycles. The molecule has 0 aromatic carbocycles. The molecule has 0 fully saturated rings. The van der Waals surface area contributed by atoms with Gasteiger partial charge >= 0.3 is 0 Å². The molecule has 2 aromatic heterocycles. The van der Waals surface area contributed by atoms with Gasteiger partial charge in [0.1, 0.15) is 17.8 Å². The zero-order valence-electron chi connectivity index (χ0n) is 10.0. The van der Waals surface area contributed by atoms with Crippen LogP contribution >= 0.6 is 22.6 Å². The molecule has 2 aromatic rings. The maximum Gasteiger partial charge on any atom is 0.216 e. The van der Waals surface area contributed by atoms with Gasteiger partial charge in [-0.1, -0.05) is 0 Å². The summed E-state index contributed by atoms with van der Waals surface area (Å²) < 4.78 is 6.03. The van der Waals surface area contributed by atoms with Crippen LogP contribution in [-0.4, -0.2) is 33.6 Å². The first-order chi connectivity index (χ1) is 8.74. The highest BCUT2D eigenvalue weighted by Crippen LogP contribution is 2.20. The van der Waals surface area contributed by atoms with Crippen LogP contribution in [0.1, 0.15) is 6.92 Å². The first-order valence-corrected chi connectivity index (χ1v) is 6.45. The Morgan fingerprint density at radius 1 is 1.33 bits per heavy atom. The normalized spacial score (nSPS) is 10.2. The third kappa shape index (κ3) is 2.84. The fourth-order valence-corrected chi connectivity index (χ4v) is 1.81. The number of rotatable bonds is 4. The van der Waals surface area contributed by atoms with Crippen molar-refractivity contribution in [3.8, 4) is 17.4 Å². The molecule has 18 heavy (non-hydrogen) atoms. The average Bonchev–Trinajstić information content (AvgIpc) is 2.41. The number of aromatic nitrogens is 4. The second-order valence-electron chi connectivity index (χ2n) is 3.37. The summed E-state index contributed by atoms with van der Waals surface area (Å²) in [5.41, 5.74) is 0.636. The van der Waals surface area contributed by atoms with Crippen LogP contribution in [0.2, 0.25) is 0 Å². The Morgan fingerprint density at radius 2 is 2.17 bits per heavy atom. The summed E-state index contributed by atoms with van der Waals surface area (Å²) in [6, 6.07) is 1.71. The highest BCUT2D eigenvalue weighted by molar-refractivity contribution is 14.1. The van der Waals surface area contributed by atoms with Crippen LogP contribution in [-0.2, 0) is 0 Å². The number of nitrogens with one attached hydrogen (secondary N) is 1. The number of ether oxygens (including phenoxy) is 1. The van der Waals surface area contributed by atoms with Crippen molar-refractivity contribution in [2.75, 3.05) is 19.0 Å². The van der Waals surface area contributed by atoms with Gasteiger partial charge in [0.25, 0.3) is 0 Å². The highest BCUT2D eigenvalue weighted by atomic mass is 127. The Hall–Kier alpha value is -1.51. The Bertz CT molecular complexity index is 549. The minimum atomic E-state index is 0.493. The molecule has 0 saturated heterocycles. The molecule has 0 bridgehead atoms. The number of halogens is 1. The van der Waals surface area contributed by atoms with Gasteiger partial charge in [0.15, 0.2) is 5.82 Å². The maximum atomic E-state index is 5.05. The molecule has 0 spiro atoms. The lowest BCUT2D eigenvalue weighted by atomic mass is 10.3. The molecule has 0 atom stereocenters. The van der Waals surface area contributed by atoms with Crippen molar-refractivity contribution < 1.29 is 4.74 Å². The SMILES string of the molecule is CCNc1nc(-c2cc(OC)ncn2)ncc1I. The quantitative estimate of drug-likeness (QED) is 0.844. The molecule has 0 amide bonds. The molecular weight excluding hydrogens is 345 g/mol. The van der Waals surface area contributed by atoms with Gasteiger partial charge in [0.2, 0.25) is 5.88 Å². The molecule has 0 aliphatic carbocycles. The number of hydrogen-bond donors (Lipinski definition) is 1.